The van der Waals surface area contributed by atoms with E-state index in [4.69, 9.17) is 4.42 Å². The van der Waals surface area contributed by atoms with Gasteiger partial charge in [0.1, 0.15) is 11.2 Å². The minimum atomic E-state index is 0.841. The Morgan fingerprint density at radius 1 is 0.294 bits per heavy atom. The summed E-state index contributed by atoms with van der Waals surface area (Å²) in [6.45, 7) is 0. The van der Waals surface area contributed by atoms with Gasteiger partial charge in [-0.2, -0.15) is 0 Å². The number of benzene rings is 9. The van der Waals surface area contributed by atoms with Gasteiger partial charge in [0.15, 0.2) is 0 Å². The molecule has 0 radical (unpaired) electrons. The van der Waals surface area contributed by atoms with Crippen molar-refractivity contribution in [2.24, 2.45) is 0 Å². The van der Waals surface area contributed by atoms with Gasteiger partial charge in [-0.15, -0.1) is 0 Å². The van der Waals surface area contributed by atoms with Gasteiger partial charge in [-0.25, -0.2) is 0 Å². The zero-order chi connectivity index (χ0) is 33.7. The monoisotopic (exact) mass is 652 g/mol. The van der Waals surface area contributed by atoms with Crippen molar-refractivity contribution in [1.29, 1.82) is 0 Å². The molecule has 0 amide bonds. The summed E-state index contributed by atoms with van der Waals surface area (Å²) >= 11 is 0. The summed E-state index contributed by atoms with van der Waals surface area (Å²) in [6.07, 6.45) is 0. The second-order valence-electron chi connectivity index (χ2n) is 13.0. The highest BCUT2D eigenvalue weighted by molar-refractivity contribution is 6.17. The molecule has 51 heavy (non-hydrogen) atoms. The van der Waals surface area contributed by atoms with Gasteiger partial charge in [-0.3, -0.25) is 0 Å². The highest BCUT2D eigenvalue weighted by atomic mass is 16.3. The summed E-state index contributed by atoms with van der Waals surface area (Å²) in [7, 11) is 0. The first kappa shape index (κ1) is 29.1. The van der Waals surface area contributed by atoms with Gasteiger partial charge in [-0.1, -0.05) is 127 Å². The second-order valence-corrected chi connectivity index (χ2v) is 13.0. The zero-order valence-corrected chi connectivity index (χ0v) is 27.8. The van der Waals surface area contributed by atoms with Gasteiger partial charge in [0.2, 0.25) is 0 Å². The normalized spacial score (nSPS) is 11.5. The quantitative estimate of drug-likeness (QED) is 0.178. The topological polar surface area (TPSA) is 19.6 Å². The van der Waals surface area contributed by atoms with Crippen molar-refractivity contribution in [3.63, 3.8) is 0 Å². The van der Waals surface area contributed by atoms with Crippen LogP contribution in [0.3, 0.4) is 0 Å². The van der Waals surface area contributed by atoms with E-state index >= 15 is 0 Å². The SMILES string of the molecule is c1ccc(N(c2ccc3ccccc3c2)c2cc3oc4c5ccccc5ccc4c3cc2N(c2ccccc2)c2ccc3ccccc3c2)cc1. The Hall–Kier alpha value is -6.84. The molecule has 0 N–H and O–H groups in total. The van der Waals surface area contributed by atoms with Crippen molar-refractivity contribution in [1.82, 2.24) is 0 Å². The van der Waals surface area contributed by atoms with Gasteiger partial charge in [0.25, 0.3) is 0 Å². The largest absolute Gasteiger partial charge is 0.455 e. The number of para-hydroxylation sites is 2. The molecular weight excluding hydrogens is 621 g/mol. The van der Waals surface area contributed by atoms with E-state index in [0.29, 0.717) is 0 Å². The molecule has 10 aromatic rings. The maximum atomic E-state index is 6.86. The summed E-state index contributed by atoms with van der Waals surface area (Å²) in [5.41, 5.74) is 8.05. The first-order valence-electron chi connectivity index (χ1n) is 17.3. The molecule has 0 saturated heterocycles. The lowest BCUT2D eigenvalue weighted by atomic mass is 10.0. The van der Waals surface area contributed by atoms with Gasteiger partial charge < -0.3 is 14.2 Å². The Bertz CT molecular complexity index is 2880. The van der Waals surface area contributed by atoms with Crippen molar-refractivity contribution >= 4 is 88.4 Å². The van der Waals surface area contributed by atoms with Gasteiger partial charge in [0.05, 0.1) is 11.4 Å². The van der Waals surface area contributed by atoms with E-state index in [0.717, 1.165) is 66.8 Å². The molecule has 3 heteroatoms. The zero-order valence-electron chi connectivity index (χ0n) is 27.8. The maximum absolute atomic E-state index is 6.86. The van der Waals surface area contributed by atoms with Crippen molar-refractivity contribution in [3.05, 3.63) is 194 Å². The molecule has 0 aliphatic rings. The maximum Gasteiger partial charge on any atom is 0.143 e. The summed E-state index contributed by atoms with van der Waals surface area (Å²) in [5, 5.41) is 9.22. The summed E-state index contributed by atoms with van der Waals surface area (Å²) in [4.78, 5) is 4.75. The molecule has 1 aromatic heterocycles. The average molecular weight is 653 g/mol. The number of anilines is 6. The van der Waals surface area contributed by atoms with Crippen molar-refractivity contribution in [2.75, 3.05) is 9.80 Å². The molecule has 0 spiro atoms. The van der Waals surface area contributed by atoms with Crippen LogP contribution in [0, 0.1) is 0 Å². The van der Waals surface area contributed by atoms with Crippen LogP contribution in [0.4, 0.5) is 34.1 Å². The van der Waals surface area contributed by atoms with E-state index < -0.39 is 0 Å². The molecule has 0 atom stereocenters. The van der Waals surface area contributed by atoms with E-state index in [1.54, 1.807) is 0 Å². The Morgan fingerprint density at radius 2 is 0.765 bits per heavy atom. The van der Waals surface area contributed by atoms with E-state index in [1.807, 2.05) is 0 Å². The number of hydrogen-bond acceptors (Lipinski definition) is 3. The molecule has 9 aromatic carbocycles. The smallest absolute Gasteiger partial charge is 0.143 e. The fourth-order valence-corrected chi connectivity index (χ4v) is 7.53. The highest BCUT2D eigenvalue weighted by Gasteiger charge is 2.25. The highest BCUT2D eigenvalue weighted by Crippen LogP contribution is 2.49. The van der Waals surface area contributed by atoms with Gasteiger partial charge >= 0.3 is 0 Å². The average Bonchev–Trinajstić information content (AvgIpc) is 3.57. The number of hydrogen-bond donors (Lipinski definition) is 0. The Morgan fingerprint density at radius 3 is 1.35 bits per heavy atom. The van der Waals surface area contributed by atoms with E-state index in [1.165, 1.54) is 21.5 Å². The standard InChI is InChI=1S/C48H32N2O/c1-3-18-38(19-4-1)49(40-26-23-33-13-7-9-16-36(33)29-40)45-31-44-43-28-25-35-15-11-12-22-42(35)48(43)51-47(44)32-46(45)50(39-20-5-2-6-21-39)41-27-24-34-14-8-10-17-37(34)30-41/h1-32H. The third kappa shape index (κ3) is 4.98. The van der Waals surface area contributed by atoms with Crippen LogP contribution in [0.15, 0.2) is 199 Å². The predicted molar refractivity (Wildman–Crippen MR) is 216 cm³/mol. The summed E-state index contributed by atoms with van der Waals surface area (Å²) in [6, 6.07) is 69.3. The van der Waals surface area contributed by atoms with Crippen LogP contribution in [-0.4, -0.2) is 0 Å². The summed E-state index contributed by atoms with van der Waals surface area (Å²) < 4.78 is 6.86. The molecule has 0 fully saturated rings. The van der Waals surface area contributed by atoms with Crippen molar-refractivity contribution < 1.29 is 4.42 Å². The number of nitrogens with zero attached hydrogens (tertiary/aromatic N) is 2. The van der Waals surface area contributed by atoms with Crippen LogP contribution in [0.25, 0.3) is 54.3 Å². The van der Waals surface area contributed by atoms with E-state index in [2.05, 4.69) is 204 Å². The Kier molecular flexibility index (Phi) is 6.81. The fourth-order valence-electron chi connectivity index (χ4n) is 7.53. The number of furan rings is 1. The molecule has 0 aliphatic heterocycles. The Labute approximate surface area is 295 Å². The number of fused-ring (bicyclic) bond motifs is 7. The van der Waals surface area contributed by atoms with Crippen LogP contribution >= 0.6 is 0 Å². The Balaban J connectivity index is 1.32. The molecule has 0 saturated carbocycles. The molecule has 0 unspecified atom stereocenters. The first-order valence-corrected chi connectivity index (χ1v) is 17.3. The van der Waals surface area contributed by atoms with Crippen LogP contribution in [-0.2, 0) is 0 Å². The van der Waals surface area contributed by atoms with Gasteiger partial charge in [0, 0.05) is 45.0 Å². The third-order valence-corrected chi connectivity index (χ3v) is 9.95. The third-order valence-electron chi connectivity index (χ3n) is 9.95. The van der Waals surface area contributed by atoms with E-state index in [9.17, 15) is 0 Å². The lowest BCUT2D eigenvalue weighted by Crippen LogP contribution is -2.17. The summed E-state index contributed by atoms with van der Waals surface area (Å²) in [5.74, 6) is 0. The number of rotatable bonds is 6. The van der Waals surface area contributed by atoms with Crippen LogP contribution in [0.5, 0.6) is 0 Å². The van der Waals surface area contributed by atoms with Crippen molar-refractivity contribution in [2.45, 2.75) is 0 Å². The second kappa shape index (κ2) is 11.9. The van der Waals surface area contributed by atoms with E-state index in [-0.39, 0.29) is 0 Å². The lowest BCUT2D eigenvalue weighted by Gasteiger charge is -2.33. The minimum Gasteiger partial charge on any atom is -0.455 e. The molecule has 0 aliphatic carbocycles. The molecule has 1 heterocycles. The van der Waals surface area contributed by atoms with Crippen LogP contribution in [0.1, 0.15) is 0 Å². The molecular formula is C48H32N2O. The van der Waals surface area contributed by atoms with Gasteiger partial charge in [-0.05, 0) is 87.6 Å². The van der Waals surface area contributed by atoms with Crippen molar-refractivity contribution in [3.8, 4) is 0 Å². The lowest BCUT2D eigenvalue weighted by molar-refractivity contribution is 0.672. The molecule has 240 valence electrons. The first-order chi connectivity index (χ1) is 25.3. The molecule has 0 bridgehead atoms. The van der Waals surface area contributed by atoms with Crippen LogP contribution in [0.2, 0.25) is 0 Å². The van der Waals surface area contributed by atoms with Crippen LogP contribution < -0.4 is 9.80 Å². The predicted octanol–water partition coefficient (Wildman–Crippen LogP) is 14.0. The molecule has 3 nitrogen and oxygen atoms in total. The minimum absolute atomic E-state index is 0.841. The molecule has 10 rings (SSSR count). The fraction of sp³-hybridized carbons (Fsp3) is 0.